The summed E-state index contributed by atoms with van der Waals surface area (Å²) >= 11 is 1.55. The Morgan fingerprint density at radius 1 is 1.13 bits per heavy atom. The molecule has 0 unspecified atom stereocenters. The molecule has 0 atom stereocenters. The van der Waals surface area contributed by atoms with Crippen molar-refractivity contribution in [2.45, 2.75) is 25.8 Å². The van der Waals surface area contributed by atoms with Crippen LogP contribution in [0.3, 0.4) is 0 Å². The molecule has 2 aromatic rings. The van der Waals surface area contributed by atoms with Crippen LogP contribution in [0, 0.1) is 6.92 Å². The normalized spacial score (nSPS) is 19.1. The third-order valence-electron chi connectivity index (χ3n) is 4.69. The Morgan fingerprint density at radius 2 is 1.83 bits per heavy atom. The summed E-state index contributed by atoms with van der Waals surface area (Å²) in [6.45, 7) is 5.73. The maximum absolute atomic E-state index is 12.6. The number of amides is 1. The summed E-state index contributed by atoms with van der Waals surface area (Å²) in [5.41, 5.74) is 2.90. The molecule has 1 saturated heterocycles. The van der Waals surface area contributed by atoms with Crippen LogP contribution in [-0.2, 0) is 0 Å². The molecule has 120 valence electrons. The number of carbonyl (C=O) groups is 1. The fourth-order valence-corrected chi connectivity index (χ4v) is 3.89. The number of aromatic nitrogens is 1. The monoisotopic (exact) mass is 327 g/mol. The zero-order chi connectivity index (χ0) is 15.8. The van der Waals surface area contributed by atoms with Crippen molar-refractivity contribution < 1.29 is 4.79 Å². The molecule has 2 aliphatic rings. The fraction of sp³-hybridized carbons (Fsp3) is 0.444. The lowest BCUT2D eigenvalue weighted by molar-refractivity contribution is 0.0622. The van der Waals surface area contributed by atoms with Gasteiger partial charge in [0.1, 0.15) is 10.7 Å². The van der Waals surface area contributed by atoms with E-state index >= 15 is 0 Å². The van der Waals surface area contributed by atoms with E-state index in [9.17, 15) is 4.79 Å². The van der Waals surface area contributed by atoms with Crippen LogP contribution in [0.4, 0.5) is 0 Å². The van der Waals surface area contributed by atoms with Gasteiger partial charge in [0.25, 0.3) is 5.91 Å². The van der Waals surface area contributed by atoms with Gasteiger partial charge in [-0.3, -0.25) is 9.69 Å². The summed E-state index contributed by atoms with van der Waals surface area (Å²) in [5, 5.41) is 2.81. The van der Waals surface area contributed by atoms with Gasteiger partial charge in [-0.15, -0.1) is 11.3 Å². The lowest BCUT2D eigenvalue weighted by Crippen LogP contribution is -2.49. The lowest BCUT2D eigenvalue weighted by Gasteiger charge is -2.34. The molecule has 4 rings (SSSR count). The van der Waals surface area contributed by atoms with Crippen molar-refractivity contribution in [2.24, 2.45) is 0 Å². The second-order valence-corrected chi connectivity index (χ2v) is 7.32. The standard InChI is InChI=1S/C18H21N3OS/c1-13-2-4-14(5-3-13)17-19-16(12-23-17)18(22)21-10-8-20(9-11-21)15-6-7-15/h2-5,12,15H,6-11H2,1H3. The molecule has 0 bridgehead atoms. The van der Waals surface area contributed by atoms with E-state index in [-0.39, 0.29) is 5.91 Å². The summed E-state index contributed by atoms with van der Waals surface area (Å²) < 4.78 is 0. The van der Waals surface area contributed by atoms with Crippen molar-refractivity contribution in [2.75, 3.05) is 26.2 Å². The molecule has 1 saturated carbocycles. The Bertz CT molecular complexity index is 697. The first-order valence-corrected chi connectivity index (χ1v) is 9.14. The predicted octanol–water partition coefficient (Wildman–Crippen LogP) is 3.04. The summed E-state index contributed by atoms with van der Waals surface area (Å²) in [5.74, 6) is 0.0788. The molecular weight excluding hydrogens is 306 g/mol. The van der Waals surface area contributed by atoms with Crippen molar-refractivity contribution >= 4 is 17.2 Å². The number of piperazine rings is 1. The largest absolute Gasteiger partial charge is 0.335 e. The summed E-state index contributed by atoms with van der Waals surface area (Å²) in [7, 11) is 0. The van der Waals surface area contributed by atoms with Crippen LogP contribution in [0.1, 0.15) is 28.9 Å². The van der Waals surface area contributed by atoms with Crippen LogP contribution in [0.2, 0.25) is 0 Å². The highest BCUT2D eigenvalue weighted by Gasteiger charge is 2.32. The minimum absolute atomic E-state index is 0.0788. The van der Waals surface area contributed by atoms with Crippen LogP contribution >= 0.6 is 11.3 Å². The Kier molecular flexibility index (Phi) is 3.91. The van der Waals surface area contributed by atoms with E-state index in [0.717, 1.165) is 42.8 Å². The fourth-order valence-electron chi connectivity index (χ4n) is 3.09. The van der Waals surface area contributed by atoms with Gasteiger partial charge >= 0.3 is 0 Å². The summed E-state index contributed by atoms with van der Waals surface area (Å²) in [4.78, 5) is 21.7. The second-order valence-electron chi connectivity index (χ2n) is 6.46. The Hall–Kier alpha value is -1.72. The van der Waals surface area contributed by atoms with E-state index in [4.69, 9.17) is 0 Å². The van der Waals surface area contributed by atoms with Gasteiger partial charge in [-0.2, -0.15) is 0 Å². The molecule has 1 aliphatic carbocycles. The van der Waals surface area contributed by atoms with Crippen molar-refractivity contribution in [1.82, 2.24) is 14.8 Å². The summed E-state index contributed by atoms with van der Waals surface area (Å²) in [6.07, 6.45) is 2.67. The maximum Gasteiger partial charge on any atom is 0.273 e. The minimum atomic E-state index is 0.0788. The quantitative estimate of drug-likeness (QED) is 0.869. The van der Waals surface area contributed by atoms with Gasteiger partial charge in [0.2, 0.25) is 0 Å². The third kappa shape index (κ3) is 3.16. The number of thiazole rings is 1. The van der Waals surface area contributed by atoms with Gasteiger partial charge in [-0.25, -0.2) is 4.98 Å². The Labute approximate surface area is 140 Å². The number of nitrogens with zero attached hydrogens (tertiary/aromatic N) is 3. The third-order valence-corrected chi connectivity index (χ3v) is 5.58. The molecule has 0 spiro atoms. The van der Waals surface area contributed by atoms with Crippen molar-refractivity contribution in [1.29, 1.82) is 0 Å². The van der Waals surface area contributed by atoms with Gasteiger partial charge in [-0.1, -0.05) is 29.8 Å². The second kappa shape index (κ2) is 6.06. The molecule has 0 N–H and O–H groups in total. The Morgan fingerprint density at radius 3 is 2.48 bits per heavy atom. The number of rotatable bonds is 3. The first-order valence-electron chi connectivity index (χ1n) is 8.26. The molecular formula is C18H21N3OS. The molecule has 23 heavy (non-hydrogen) atoms. The van der Waals surface area contributed by atoms with E-state index < -0.39 is 0 Å². The van der Waals surface area contributed by atoms with E-state index in [1.807, 2.05) is 10.3 Å². The van der Waals surface area contributed by atoms with Crippen molar-refractivity contribution in [3.63, 3.8) is 0 Å². The molecule has 1 aromatic heterocycles. The highest BCUT2D eigenvalue weighted by Crippen LogP contribution is 2.28. The molecule has 1 aliphatic heterocycles. The molecule has 0 radical (unpaired) electrons. The van der Waals surface area contributed by atoms with Crippen LogP contribution < -0.4 is 0 Å². The van der Waals surface area contributed by atoms with Crippen LogP contribution in [0.15, 0.2) is 29.6 Å². The first kappa shape index (κ1) is 14.8. The SMILES string of the molecule is Cc1ccc(-c2nc(C(=O)N3CCN(C4CC4)CC3)cs2)cc1. The van der Waals surface area contributed by atoms with E-state index in [2.05, 4.69) is 41.1 Å². The van der Waals surface area contributed by atoms with Gasteiger partial charge < -0.3 is 4.90 Å². The molecule has 1 aromatic carbocycles. The zero-order valence-corrected chi connectivity index (χ0v) is 14.2. The van der Waals surface area contributed by atoms with Crippen LogP contribution in [-0.4, -0.2) is 52.9 Å². The van der Waals surface area contributed by atoms with Crippen LogP contribution in [0.25, 0.3) is 10.6 Å². The van der Waals surface area contributed by atoms with Crippen molar-refractivity contribution in [3.8, 4) is 10.6 Å². The number of benzene rings is 1. The maximum atomic E-state index is 12.6. The highest BCUT2D eigenvalue weighted by atomic mass is 32.1. The number of hydrogen-bond acceptors (Lipinski definition) is 4. The van der Waals surface area contributed by atoms with Crippen LogP contribution in [0.5, 0.6) is 0 Å². The number of carbonyl (C=O) groups excluding carboxylic acids is 1. The van der Waals surface area contributed by atoms with Gasteiger partial charge in [0.15, 0.2) is 0 Å². The number of hydrogen-bond donors (Lipinski definition) is 0. The van der Waals surface area contributed by atoms with E-state index in [1.54, 1.807) is 11.3 Å². The van der Waals surface area contributed by atoms with Gasteiger partial charge in [0.05, 0.1) is 0 Å². The molecule has 5 heteroatoms. The molecule has 4 nitrogen and oxygen atoms in total. The number of aryl methyl sites for hydroxylation is 1. The first-order chi connectivity index (χ1) is 11.2. The van der Waals surface area contributed by atoms with Gasteiger partial charge in [0, 0.05) is 43.2 Å². The minimum Gasteiger partial charge on any atom is -0.335 e. The van der Waals surface area contributed by atoms with Crippen molar-refractivity contribution in [3.05, 3.63) is 40.9 Å². The average molecular weight is 327 g/mol. The smallest absolute Gasteiger partial charge is 0.273 e. The lowest BCUT2D eigenvalue weighted by atomic mass is 10.2. The predicted molar refractivity (Wildman–Crippen MR) is 92.8 cm³/mol. The van der Waals surface area contributed by atoms with E-state index in [0.29, 0.717) is 5.69 Å². The molecule has 2 heterocycles. The summed E-state index contributed by atoms with van der Waals surface area (Å²) in [6, 6.07) is 9.08. The molecule has 1 amide bonds. The van der Waals surface area contributed by atoms with Gasteiger partial charge in [-0.05, 0) is 19.8 Å². The topological polar surface area (TPSA) is 36.4 Å². The average Bonchev–Trinajstić information content (AvgIpc) is 3.32. The van der Waals surface area contributed by atoms with E-state index in [1.165, 1.54) is 18.4 Å². The Balaban J connectivity index is 1.44. The molecule has 2 fully saturated rings. The highest BCUT2D eigenvalue weighted by molar-refractivity contribution is 7.13. The zero-order valence-electron chi connectivity index (χ0n) is 13.4.